The Morgan fingerprint density at radius 3 is 2.18 bits per heavy atom. The minimum Gasteiger partial charge on any atom is -0.378 e. The number of halogens is 2. The monoisotopic (exact) mass is 520 g/mol. The number of hydrogen-bond acceptors (Lipinski definition) is 4. The number of benzene rings is 1. The van der Waals surface area contributed by atoms with Crippen LogP contribution in [0.25, 0.3) is 0 Å². The van der Waals surface area contributed by atoms with Crippen LogP contribution in [0.3, 0.4) is 0 Å². The van der Waals surface area contributed by atoms with Crippen LogP contribution in [0.15, 0.2) is 23.1 Å². The van der Waals surface area contributed by atoms with E-state index in [4.69, 9.17) is 27.9 Å². The highest BCUT2D eigenvalue weighted by molar-refractivity contribution is 7.89. The van der Waals surface area contributed by atoms with E-state index in [-0.39, 0.29) is 22.1 Å². The molecule has 0 saturated heterocycles. The van der Waals surface area contributed by atoms with Gasteiger partial charge in [-0.05, 0) is 83.3 Å². The fourth-order valence-corrected chi connectivity index (χ4v) is 6.21. The van der Waals surface area contributed by atoms with Crippen molar-refractivity contribution in [2.24, 2.45) is 0 Å². The Morgan fingerprint density at radius 1 is 0.909 bits per heavy atom. The van der Waals surface area contributed by atoms with Gasteiger partial charge in [0, 0.05) is 19.7 Å². The van der Waals surface area contributed by atoms with Crippen LogP contribution in [0.2, 0.25) is 10.0 Å². The third-order valence-electron chi connectivity index (χ3n) is 6.66. The van der Waals surface area contributed by atoms with E-state index in [2.05, 4.69) is 18.9 Å². The first-order chi connectivity index (χ1) is 15.8. The van der Waals surface area contributed by atoms with Crippen molar-refractivity contribution in [2.45, 2.75) is 94.6 Å². The van der Waals surface area contributed by atoms with Crippen molar-refractivity contribution in [3.63, 3.8) is 0 Å². The molecule has 0 heterocycles. The number of nitrogens with zero attached hydrogens (tertiary/aromatic N) is 2. The van der Waals surface area contributed by atoms with E-state index in [1.807, 2.05) is 0 Å². The highest BCUT2D eigenvalue weighted by Gasteiger charge is 2.32. The molecular formula is C25H42Cl2N2O3S. The van der Waals surface area contributed by atoms with Gasteiger partial charge in [-0.15, -0.1) is 0 Å². The van der Waals surface area contributed by atoms with Gasteiger partial charge in [0.1, 0.15) is 0 Å². The third kappa shape index (κ3) is 9.65. The Balaban J connectivity index is 1.61. The summed E-state index contributed by atoms with van der Waals surface area (Å²) in [6.07, 6.45) is 12.4. The van der Waals surface area contributed by atoms with Crippen LogP contribution in [0, 0.1) is 0 Å². The fraction of sp³-hybridized carbons (Fsp3) is 0.760. The maximum Gasteiger partial charge on any atom is 0.243 e. The summed E-state index contributed by atoms with van der Waals surface area (Å²) in [5.41, 5.74) is 0. The first kappa shape index (κ1) is 28.9. The normalized spacial score (nSPS) is 19.5. The predicted molar refractivity (Wildman–Crippen MR) is 139 cm³/mol. The van der Waals surface area contributed by atoms with Gasteiger partial charge >= 0.3 is 0 Å². The number of unbranched alkanes of at least 4 members (excludes halogenated alkanes) is 5. The molecule has 0 aromatic heterocycles. The van der Waals surface area contributed by atoms with E-state index in [0.29, 0.717) is 5.02 Å². The second-order valence-corrected chi connectivity index (χ2v) is 12.1. The molecule has 1 aliphatic rings. The molecule has 0 unspecified atom stereocenters. The maximum absolute atomic E-state index is 13.0. The van der Waals surface area contributed by atoms with E-state index in [1.54, 1.807) is 7.05 Å². The Hall–Kier alpha value is -0.370. The highest BCUT2D eigenvalue weighted by atomic mass is 35.5. The zero-order valence-electron chi connectivity index (χ0n) is 20.6. The van der Waals surface area contributed by atoms with Crippen molar-refractivity contribution >= 4 is 33.2 Å². The lowest BCUT2D eigenvalue weighted by atomic mass is 9.93. The molecule has 2 rings (SSSR count). The summed E-state index contributed by atoms with van der Waals surface area (Å²) in [7, 11) is 0.290. The molecule has 0 bridgehead atoms. The second kappa shape index (κ2) is 14.9. The lowest BCUT2D eigenvalue weighted by molar-refractivity contribution is 0.0156. The molecule has 1 fully saturated rings. The molecule has 0 atom stereocenters. The Bertz CT molecular complexity index is 799. The molecular weight excluding hydrogens is 479 g/mol. The largest absolute Gasteiger partial charge is 0.378 e. The van der Waals surface area contributed by atoms with Gasteiger partial charge in [0.25, 0.3) is 0 Å². The Kier molecular flexibility index (Phi) is 13.0. The lowest BCUT2D eigenvalue weighted by Gasteiger charge is -2.34. The van der Waals surface area contributed by atoms with Gasteiger partial charge in [-0.3, -0.25) is 0 Å². The van der Waals surface area contributed by atoms with E-state index in [0.717, 1.165) is 38.7 Å². The van der Waals surface area contributed by atoms with Gasteiger partial charge < -0.3 is 9.64 Å². The van der Waals surface area contributed by atoms with Crippen LogP contribution >= 0.6 is 23.2 Å². The molecule has 0 aliphatic heterocycles. The smallest absolute Gasteiger partial charge is 0.243 e. The zero-order valence-corrected chi connectivity index (χ0v) is 22.9. The van der Waals surface area contributed by atoms with Crippen molar-refractivity contribution in [1.29, 1.82) is 0 Å². The highest BCUT2D eigenvalue weighted by Crippen LogP contribution is 2.30. The molecule has 0 amide bonds. The van der Waals surface area contributed by atoms with Crippen molar-refractivity contribution in [3.8, 4) is 0 Å². The molecule has 1 aromatic carbocycles. The van der Waals surface area contributed by atoms with Crippen LogP contribution in [0.5, 0.6) is 0 Å². The first-order valence-corrected chi connectivity index (χ1v) is 14.7. The first-order valence-electron chi connectivity index (χ1n) is 12.5. The van der Waals surface area contributed by atoms with Gasteiger partial charge in [0.2, 0.25) is 10.0 Å². The second-order valence-electron chi connectivity index (χ2n) is 9.32. The lowest BCUT2D eigenvalue weighted by Crippen LogP contribution is -2.40. The maximum atomic E-state index is 13.0. The summed E-state index contributed by atoms with van der Waals surface area (Å²) in [6.45, 7) is 5.45. The van der Waals surface area contributed by atoms with E-state index in [9.17, 15) is 8.42 Å². The van der Waals surface area contributed by atoms with Crippen LogP contribution in [-0.2, 0) is 14.8 Å². The minimum atomic E-state index is -3.59. The van der Waals surface area contributed by atoms with Gasteiger partial charge in [-0.2, -0.15) is 4.31 Å². The molecule has 0 spiro atoms. The average Bonchev–Trinajstić information content (AvgIpc) is 2.80. The summed E-state index contributed by atoms with van der Waals surface area (Å²) in [6, 6.07) is 4.45. The summed E-state index contributed by atoms with van der Waals surface area (Å²) in [4.78, 5) is 2.63. The van der Waals surface area contributed by atoms with Gasteiger partial charge in [0.15, 0.2) is 0 Å². The molecule has 0 N–H and O–H groups in total. The molecule has 8 heteroatoms. The van der Waals surface area contributed by atoms with Crippen molar-refractivity contribution in [3.05, 3.63) is 28.2 Å². The zero-order chi connectivity index (χ0) is 24.3. The van der Waals surface area contributed by atoms with Crippen molar-refractivity contribution < 1.29 is 13.2 Å². The fourth-order valence-electron chi connectivity index (χ4n) is 4.41. The number of rotatable bonds is 15. The van der Waals surface area contributed by atoms with Crippen molar-refractivity contribution in [1.82, 2.24) is 9.21 Å². The third-order valence-corrected chi connectivity index (χ3v) is 9.30. The molecule has 1 saturated carbocycles. The molecule has 1 aromatic rings. The average molecular weight is 522 g/mol. The van der Waals surface area contributed by atoms with Gasteiger partial charge in [0.05, 0.1) is 21.0 Å². The quantitative estimate of drug-likeness (QED) is 0.243. The van der Waals surface area contributed by atoms with Crippen LogP contribution in [0.4, 0.5) is 0 Å². The van der Waals surface area contributed by atoms with Crippen LogP contribution < -0.4 is 0 Å². The number of ether oxygens (including phenoxy) is 1. The summed E-state index contributed by atoms with van der Waals surface area (Å²) < 4.78 is 33.5. The van der Waals surface area contributed by atoms with Gasteiger partial charge in [-0.1, -0.05) is 55.8 Å². The van der Waals surface area contributed by atoms with E-state index >= 15 is 0 Å². The topological polar surface area (TPSA) is 49.9 Å². The summed E-state index contributed by atoms with van der Waals surface area (Å²) >= 11 is 12.0. The molecule has 5 nitrogen and oxygen atoms in total. The van der Waals surface area contributed by atoms with E-state index < -0.39 is 10.0 Å². The Labute approximate surface area is 211 Å². The van der Waals surface area contributed by atoms with Crippen molar-refractivity contribution in [2.75, 3.05) is 33.8 Å². The standard InChI is InChI=1S/C25H42Cl2N2O3S/c1-4-5-8-17-28(2)18-9-6-7-10-19-32-22-13-11-21(12-14-22)29(3)33(30,31)23-15-16-24(26)25(27)20-23/h15-16,20-22H,4-14,17-19H2,1-3H3. The number of hydrogen-bond donors (Lipinski definition) is 0. The van der Waals surface area contributed by atoms with Crippen LogP contribution in [-0.4, -0.2) is 63.6 Å². The van der Waals surface area contributed by atoms with Crippen LogP contribution in [0.1, 0.15) is 77.6 Å². The predicted octanol–water partition coefficient (Wildman–Crippen LogP) is 6.62. The number of sulfonamides is 1. The minimum absolute atomic E-state index is 0.0152. The van der Waals surface area contributed by atoms with E-state index in [1.165, 1.54) is 74.1 Å². The summed E-state index contributed by atoms with van der Waals surface area (Å²) in [5, 5.41) is 0.605. The molecule has 0 radical (unpaired) electrons. The summed E-state index contributed by atoms with van der Waals surface area (Å²) in [5.74, 6) is 0. The molecule has 190 valence electrons. The molecule has 33 heavy (non-hydrogen) atoms. The SMILES string of the molecule is CCCCCN(C)CCCCCCOC1CCC(N(C)S(=O)(=O)c2ccc(Cl)c(Cl)c2)CC1. The Morgan fingerprint density at radius 2 is 1.55 bits per heavy atom. The van der Waals surface area contributed by atoms with Gasteiger partial charge in [-0.25, -0.2) is 8.42 Å². The molecule has 1 aliphatic carbocycles.